The second-order valence-electron chi connectivity index (χ2n) is 6.31. The maximum atomic E-state index is 13.0. The highest BCUT2D eigenvalue weighted by molar-refractivity contribution is 6.02. The number of aromatic hydroxyl groups is 1. The number of hydrogen-bond donors (Lipinski definition) is 2. The van der Waals surface area contributed by atoms with Gasteiger partial charge in [-0.2, -0.15) is 0 Å². The van der Waals surface area contributed by atoms with Crippen molar-refractivity contribution in [2.75, 3.05) is 19.5 Å². The minimum absolute atomic E-state index is 0.0212. The molecule has 1 unspecified atom stereocenters. The number of phenols is 1. The van der Waals surface area contributed by atoms with Crippen LogP contribution < -0.4 is 14.8 Å². The van der Waals surface area contributed by atoms with Crippen LogP contribution in [-0.2, 0) is 0 Å². The van der Waals surface area contributed by atoms with Gasteiger partial charge in [-0.25, -0.2) is 0 Å². The predicted molar refractivity (Wildman–Crippen MR) is 93.2 cm³/mol. The largest absolute Gasteiger partial charge is 0.502 e. The molecule has 2 aromatic carbocycles. The van der Waals surface area contributed by atoms with Crippen molar-refractivity contribution in [2.24, 2.45) is 0 Å². The van der Waals surface area contributed by atoms with E-state index in [9.17, 15) is 9.90 Å². The average Bonchev–Trinajstić information content (AvgIpc) is 3.46. The average molecular weight is 340 g/mol. The fourth-order valence-corrected chi connectivity index (χ4v) is 3.31. The summed E-state index contributed by atoms with van der Waals surface area (Å²) in [6.07, 6.45) is 1.66. The fraction of sp³-hybridized carbons (Fsp3) is 0.316. The Kier molecular flexibility index (Phi) is 3.67. The van der Waals surface area contributed by atoms with Crippen LogP contribution in [0.4, 0.5) is 5.69 Å². The summed E-state index contributed by atoms with van der Waals surface area (Å²) >= 11 is 0. The van der Waals surface area contributed by atoms with Gasteiger partial charge in [-0.1, -0.05) is 12.1 Å². The second kappa shape index (κ2) is 5.88. The lowest BCUT2D eigenvalue weighted by Crippen LogP contribution is -2.44. The summed E-state index contributed by atoms with van der Waals surface area (Å²) in [4.78, 5) is 14.9. The van der Waals surface area contributed by atoms with E-state index in [4.69, 9.17) is 9.47 Å². The van der Waals surface area contributed by atoms with E-state index in [2.05, 4.69) is 5.32 Å². The Bertz CT molecular complexity index is 807. The number of rotatable bonds is 4. The molecule has 2 N–H and O–H groups in total. The minimum Gasteiger partial charge on any atom is -0.502 e. The number of hydrogen-bond acceptors (Lipinski definition) is 5. The zero-order valence-corrected chi connectivity index (χ0v) is 14.2. The highest BCUT2D eigenvalue weighted by atomic mass is 16.5. The van der Waals surface area contributed by atoms with Crippen molar-refractivity contribution in [1.82, 2.24) is 4.90 Å². The zero-order valence-electron chi connectivity index (χ0n) is 14.2. The molecule has 0 saturated heterocycles. The van der Waals surface area contributed by atoms with Crippen molar-refractivity contribution in [1.29, 1.82) is 0 Å². The molecular formula is C19H20N2O4. The minimum atomic E-state index is -0.335. The Morgan fingerprint density at radius 1 is 1.12 bits per heavy atom. The molecule has 130 valence electrons. The standard InChI is InChI=1S/C19H20N2O4/c1-24-15-9-11(10-16(25-2)17(15)22)18-20-14-6-4-3-5-13(14)19(23)21(18)12-7-8-12/h3-6,9-10,12,18,20,22H,7-8H2,1-2H3. The first-order valence-electron chi connectivity index (χ1n) is 8.27. The molecule has 6 nitrogen and oxygen atoms in total. The molecular weight excluding hydrogens is 320 g/mol. The van der Waals surface area contributed by atoms with Gasteiger partial charge in [0.15, 0.2) is 11.5 Å². The van der Waals surface area contributed by atoms with Crippen molar-refractivity contribution in [3.63, 3.8) is 0 Å². The monoisotopic (exact) mass is 340 g/mol. The molecule has 1 fully saturated rings. The third-order valence-electron chi connectivity index (χ3n) is 4.72. The van der Waals surface area contributed by atoms with Crippen molar-refractivity contribution < 1.29 is 19.4 Å². The van der Waals surface area contributed by atoms with Gasteiger partial charge < -0.3 is 24.8 Å². The van der Waals surface area contributed by atoms with E-state index in [1.54, 1.807) is 12.1 Å². The van der Waals surface area contributed by atoms with Crippen LogP contribution in [-0.4, -0.2) is 36.2 Å². The number of nitrogens with one attached hydrogen (secondary N) is 1. The topological polar surface area (TPSA) is 71.0 Å². The number of ether oxygens (including phenoxy) is 2. The van der Waals surface area contributed by atoms with E-state index in [0.29, 0.717) is 17.1 Å². The number of anilines is 1. The maximum absolute atomic E-state index is 13.0. The van der Waals surface area contributed by atoms with E-state index < -0.39 is 0 Å². The van der Waals surface area contributed by atoms with Gasteiger partial charge in [0.2, 0.25) is 5.75 Å². The van der Waals surface area contributed by atoms with Crippen molar-refractivity contribution in [3.8, 4) is 17.2 Å². The number of para-hydroxylation sites is 1. The number of fused-ring (bicyclic) bond motifs is 1. The maximum Gasteiger partial charge on any atom is 0.258 e. The van der Waals surface area contributed by atoms with Gasteiger partial charge in [-0.05, 0) is 37.1 Å². The first-order valence-corrected chi connectivity index (χ1v) is 8.27. The van der Waals surface area contributed by atoms with Crippen LogP contribution in [0.2, 0.25) is 0 Å². The van der Waals surface area contributed by atoms with Gasteiger partial charge in [0.05, 0.1) is 19.8 Å². The third kappa shape index (κ3) is 2.54. The Morgan fingerprint density at radius 2 is 1.76 bits per heavy atom. The number of carbonyl (C=O) groups is 1. The first kappa shape index (κ1) is 15.6. The van der Waals surface area contributed by atoms with Gasteiger partial charge in [0.1, 0.15) is 6.17 Å². The van der Waals surface area contributed by atoms with E-state index in [-0.39, 0.29) is 23.9 Å². The van der Waals surface area contributed by atoms with E-state index in [1.165, 1.54) is 14.2 Å². The first-order chi connectivity index (χ1) is 12.1. The van der Waals surface area contributed by atoms with Crippen LogP contribution in [0, 0.1) is 0 Å². The molecule has 1 atom stereocenters. The number of methoxy groups -OCH3 is 2. The van der Waals surface area contributed by atoms with Crippen molar-refractivity contribution in [2.45, 2.75) is 25.0 Å². The van der Waals surface area contributed by atoms with Crippen LogP contribution in [0.1, 0.15) is 34.9 Å². The molecule has 6 heteroatoms. The number of amides is 1. The van der Waals surface area contributed by atoms with Crippen LogP contribution >= 0.6 is 0 Å². The van der Waals surface area contributed by atoms with Crippen molar-refractivity contribution in [3.05, 3.63) is 47.5 Å². The molecule has 2 aliphatic rings. The summed E-state index contributed by atoms with van der Waals surface area (Å²) in [5, 5.41) is 13.6. The number of carbonyl (C=O) groups excluding carboxylic acids is 1. The molecule has 2 aromatic rings. The quantitative estimate of drug-likeness (QED) is 0.895. The Balaban J connectivity index is 1.82. The Labute approximate surface area is 146 Å². The molecule has 1 aliphatic carbocycles. The van der Waals surface area contributed by atoms with Crippen LogP contribution in [0.3, 0.4) is 0 Å². The molecule has 25 heavy (non-hydrogen) atoms. The van der Waals surface area contributed by atoms with Crippen molar-refractivity contribution >= 4 is 11.6 Å². The van der Waals surface area contributed by atoms with Gasteiger partial charge in [-0.15, -0.1) is 0 Å². The van der Waals surface area contributed by atoms with Crippen LogP contribution in [0.15, 0.2) is 36.4 Å². The highest BCUT2D eigenvalue weighted by Crippen LogP contribution is 2.44. The molecule has 1 aliphatic heterocycles. The normalized spacial score (nSPS) is 19.2. The van der Waals surface area contributed by atoms with E-state index in [0.717, 1.165) is 24.1 Å². The lowest BCUT2D eigenvalue weighted by Gasteiger charge is -2.38. The number of nitrogens with zero attached hydrogens (tertiary/aromatic N) is 1. The second-order valence-corrected chi connectivity index (χ2v) is 6.31. The van der Waals surface area contributed by atoms with Gasteiger partial charge >= 0.3 is 0 Å². The summed E-state index contributed by atoms with van der Waals surface area (Å²) in [6, 6.07) is 11.2. The molecule has 0 radical (unpaired) electrons. The molecule has 0 spiro atoms. The van der Waals surface area contributed by atoms with E-state index >= 15 is 0 Å². The lowest BCUT2D eigenvalue weighted by atomic mass is 10.0. The molecule has 0 bridgehead atoms. The van der Waals surface area contributed by atoms with Crippen LogP contribution in [0.5, 0.6) is 17.2 Å². The molecule has 4 rings (SSSR count). The predicted octanol–water partition coefficient (Wildman–Crippen LogP) is 3.14. The summed E-state index contributed by atoms with van der Waals surface area (Å²) in [5.41, 5.74) is 2.30. The van der Waals surface area contributed by atoms with Crippen LogP contribution in [0.25, 0.3) is 0 Å². The summed E-state index contributed by atoms with van der Waals surface area (Å²) in [6.45, 7) is 0. The number of phenolic OH excluding ortho intramolecular Hbond substituents is 1. The Hall–Kier alpha value is -2.89. The molecule has 1 amide bonds. The smallest absolute Gasteiger partial charge is 0.258 e. The lowest BCUT2D eigenvalue weighted by molar-refractivity contribution is 0.0666. The SMILES string of the molecule is COc1cc(C2Nc3ccccc3C(=O)N2C2CC2)cc(OC)c1O. The summed E-state index contributed by atoms with van der Waals surface area (Å²) in [5.74, 6) is 0.610. The van der Waals surface area contributed by atoms with Gasteiger partial charge in [0, 0.05) is 17.3 Å². The van der Waals surface area contributed by atoms with E-state index in [1.807, 2.05) is 29.2 Å². The fourth-order valence-electron chi connectivity index (χ4n) is 3.31. The zero-order chi connectivity index (χ0) is 17.6. The van der Waals surface area contributed by atoms with Gasteiger partial charge in [-0.3, -0.25) is 4.79 Å². The highest BCUT2D eigenvalue weighted by Gasteiger charge is 2.42. The molecule has 1 saturated carbocycles. The third-order valence-corrected chi connectivity index (χ3v) is 4.72. The molecule has 0 aromatic heterocycles. The molecule has 1 heterocycles. The Morgan fingerprint density at radius 3 is 2.36 bits per heavy atom. The summed E-state index contributed by atoms with van der Waals surface area (Å²) in [7, 11) is 2.98. The summed E-state index contributed by atoms with van der Waals surface area (Å²) < 4.78 is 10.5. The van der Waals surface area contributed by atoms with Gasteiger partial charge in [0.25, 0.3) is 5.91 Å². The number of benzene rings is 2.